The summed E-state index contributed by atoms with van der Waals surface area (Å²) in [5.41, 5.74) is 4.92. The van der Waals surface area contributed by atoms with E-state index >= 15 is 0 Å². The lowest BCUT2D eigenvalue weighted by molar-refractivity contribution is -0.137. The number of hydrogen-bond acceptors (Lipinski definition) is 11. The Hall–Kier alpha value is -4.13. The number of alkyl halides is 3. The third-order valence-electron chi connectivity index (χ3n) is 13.4. The van der Waals surface area contributed by atoms with Gasteiger partial charge in [-0.25, -0.2) is 9.97 Å². The summed E-state index contributed by atoms with van der Waals surface area (Å²) in [6.07, 6.45) is 8.04. The number of nitrogens with one attached hydrogen (secondary N) is 5. The van der Waals surface area contributed by atoms with E-state index in [4.69, 9.17) is 15.2 Å². The fourth-order valence-corrected chi connectivity index (χ4v) is 10.2. The van der Waals surface area contributed by atoms with Crippen LogP contribution in [0.5, 0.6) is 0 Å². The van der Waals surface area contributed by atoms with Crippen LogP contribution in [0.15, 0.2) is 18.2 Å². The number of amides is 4. The number of hydrogen-bond donors (Lipinski definition) is 6. The zero-order valence-corrected chi connectivity index (χ0v) is 39.4. The minimum absolute atomic E-state index is 0.000833. The number of carbonyl (C=O) groups excluding carboxylic acids is 4. The summed E-state index contributed by atoms with van der Waals surface area (Å²) < 4.78 is 53.4. The molecular formula is C48H74F3N9O6. The number of fused-ring (bicyclic) bond motifs is 1. The van der Waals surface area contributed by atoms with Crippen molar-refractivity contribution in [3.05, 3.63) is 29.6 Å². The summed E-state index contributed by atoms with van der Waals surface area (Å²) in [5, 5.41) is 16.3. The van der Waals surface area contributed by atoms with E-state index < -0.39 is 17.8 Å². The number of likely N-dealkylation sites (tertiary alicyclic amines) is 1. The first-order chi connectivity index (χ1) is 31.4. The van der Waals surface area contributed by atoms with Crippen LogP contribution in [0.4, 0.5) is 19.0 Å². The highest BCUT2D eigenvalue weighted by atomic mass is 19.4. The van der Waals surface area contributed by atoms with Crippen molar-refractivity contribution in [2.75, 3.05) is 38.2 Å². The molecule has 0 unspecified atom stereocenters. The van der Waals surface area contributed by atoms with Gasteiger partial charge in [-0.3, -0.25) is 19.2 Å². The molecule has 1 aromatic carbocycles. The summed E-state index contributed by atoms with van der Waals surface area (Å²) in [6.45, 7) is 10.3. The van der Waals surface area contributed by atoms with Gasteiger partial charge in [-0.2, -0.15) is 13.2 Å². The normalized spacial score (nSPS) is 26.3. The second-order valence-electron chi connectivity index (χ2n) is 19.9. The fourth-order valence-electron chi connectivity index (χ4n) is 10.2. The molecule has 18 heteroatoms. The third-order valence-corrected chi connectivity index (χ3v) is 13.4. The lowest BCUT2D eigenvalue weighted by Gasteiger charge is -2.43. The topological polar surface area (TPSA) is 202 Å². The highest BCUT2D eigenvalue weighted by Crippen LogP contribution is 2.35. The van der Waals surface area contributed by atoms with Crippen LogP contribution in [0.3, 0.4) is 0 Å². The number of carbonyl (C=O) groups is 4. The van der Waals surface area contributed by atoms with Crippen molar-refractivity contribution >= 4 is 40.3 Å². The van der Waals surface area contributed by atoms with Crippen LogP contribution >= 0.6 is 0 Å². The lowest BCUT2D eigenvalue weighted by Crippen LogP contribution is -2.59. The van der Waals surface area contributed by atoms with E-state index in [1.165, 1.54) is 13.0 Å². The standard InChI is InChI=1S/C48H74F3N9O6/c1-30(61)54-40-29-34(59-47(2,3)4)15-21-41(40)60-25-22-39(46(60)64)57-44-37-28-32(48(49,50)51)12-20-38(37)56-42(58-44)8-5-6-24-53-45(63)31-10-13-33(14-11-31)55-43(62)9-7-26-65-35-16-18-36(19-17-35)66-27-23-52/h12,20,28,31,33-36,39-41,59H,5-11,13-19,21-27,29,52H2,1-4H3,(H,53,63)(H,54,61)(H,55,62)(H,56,57,58)/t31?,33?,34-,35?,36?,39+,40-,41+/m1/s1. The maximum Gasteiger partial charge on any atom is 0.416 e. The van der Waals surface area contributed by atoms with Crippen molar-refractivity contribution in [3.8, 4) is 0 Å². The highest BCUT2D eigenvalue weighted by Gasteiger charge is 2.43. The van der Waals surface area contributed by atoms with Gasteiger partial charge in [0.2, 0.25) is 23.6 Å². The van der Waals surface area contributed by atoms with E-state index in [0.29, 0.717) is 108 Å². The van der Waals surface area contributed by atoms with E-state index in [2.05, 4.69) is 57.3 Å². The van der Waals surface area contributed by atoms with Crippen molar-refractivity contribution in [2.45, 2.75) is 191 Å². The Bertz CT molecular complexity index is 1930. The number of rotatable bonds is 20. The number of unbranched alkanes of at least 4 members (excludes halogenated alkanes) is 1. The molecule has 368 valence electrons. The van der Waals surface area contributed by atoms with Crippen LogP contribution < -0.4 is 32.3 Å². The first-order valence-electron chi connectivity index (χ1n) is 24.5. The maximum absolute atomic E-state index is 14.0. The molecule has 4 fully saturated rings. The minimum Gasteiger partial charge on any atom is -0.378 e. The molecular weight excluding hydrogens is 856 g/mol. The van der Waals surface area contributed by atoms with Gasteiger partial charge in [0, 0.05) is 74.9 Å². The molecule has 3 saturated carbocycles. The Labute approximate surface area is 387 Å². The van der Waals surface area contributed by atoms with E-state index in [-0.39, 0.29) is 82.7 Å². The Balaban J connectivity index is 0.943. The largest absolute Gasteiger partial charge is 0.416 e. The number of anilines is 1. The first-order valence-corrected chi connectivity index (χ1v) is 24.5. The smallest absolute Gasteiger partial charge is 0.378 e. The van der Waals surface area contributed by atoms with Crippen molar-refractivity contribution in [3.63, 3.8) is 0 Å². The number of nitrogens with zero attached hydrogens (tertiary/aromatic N) is 3. The molecule has 15 nitrogen and oxygen atoms in total. The Morgan fingerprint density at radius 1 is 0.848 bits per heavy atom. The average molecular weight is 930 g/mol. The summed E-state index contributed by atoms with van der Waals surface area (Å²) in [6, 6.07) is 2.42. The monoisotopic (exact) mass is 930 g/mol. The minimum atomic E-state index is -4.58. The van der Waals surface area contributed by atoms with Crippen LogP contribution in [0, 0.1) is 5.92 Å². The van der Waals surface area contributed by atoms with E-state index in [1.807, 2.05) is 4.90 Å². The van der Waals surface area contributed by atoms with Crippen LogP contribution in [0.2, 0.25) is 0 Å². The van der Waals surface area contributed by atoms with Gasteiger partial charge in [-0.1, -0.05) is 0 Å². The number of nitrogens with two attached hydrogens (primary N) is 1. The molecule has 3 aliphatic carbocycles. The van der Waals surface area contributed by atoms with Crippen molar-refractivity contribution in [2.24, 2.45) is 11.7 Å². The molecule has 4 amide bonds. The number of benzene rings is 1. The Morgan fingerprint density at radius 3 is 2.21 bits per heavy atom. The molecule has 6 rings (SSSR count). The van der Waals surface area contributed by atoms with Gasteiger partial charge < -0.3 is 46.7 Å². The summed E-state index contributed by atoms with van der Waals surface area (Å²) in [7, 11) is 0. The molecule has 0 radical (unpaired) electrons. The van der Waals surface area contributed by atoms with E-state index in [0.717, 1.165) is 57.1 Å². The average Bonchev–Trinajstić information content (AvgIpc) is 3.62. The van der Waals surface area contributed by atoms with Gasteiger partial charge in [0.05, 0.1) is 42.0 Å². The van der Waals surface area contributed by atoms with Gasteiger partial charge in [0.15, 0.2) is 0 Å². The molecule has 1 saturated heterocycles. The van der Waals surface area contributed by atoms with Gasteiger partial charge in [0.25, 0.3) is 0 Å². The van der Waals surface area contributed by atoms with Gasteiger partial charge >= 0.3 is 6.18 Å². The van der Waals surface area contributed by atoms with Gasteiger partial charge in [-0.05, 0) is 135 Å². The molecule has 2 aromatic rings. The summed E-state index contributed by atoms with van der Waals surface area (Å²) in [5.74, 6) is 0.150. The van der Waals surface area contributed by atoms with Crippen LogP contribution in [0.1, 0.15) is 142 Å². The number of aromatic nitrogens is 2. The maximum atomic E-state index is 14.0. The van der Waals surface area contributed by atoms with Crippen LogP contribution in [-0.2, 0) is 41.2 Å². The van der Waals surface area contributed by atoms with Crippen LogP contribution in [0.25, 0.3) is 10.9 Å². The molecule has 66 heavy (non-hydrogen) atoms. The first kappa shape index (κ1) is 51.3. The zero-order chi connectivity index (χ0) is 47.4. The Morgan fingerprint density at radius 2 is 1.55 bits per heavy atom. The SMILES string of the molecule is CC(=O)N[C@@H]1C[C@H](NC(C)(C)C)CC[C@@H]1N1CC[C@H](Nc2nc(CCCCNC(=O)C3CCC(NC(=O)CCCOC4CCC(OCCN)CC4)CC3)nc3ccc(C(F)(F)F)cc23)C1=O. The van der Waals surface area contributed by atoms with Gasteiger partial charge in [0.1, 0.15) is 17.7 Å². The molecule has 4 atom stereocenters. The summed E-state index contributed by atoms with van der Waals surface area (Å²) in [4.78, 5) is 63.1. The summed E-state index contributed by atoms with van der Waals surface area (Å²) >= 11 is 0. The van der Waals surface area contributed by atoms with Gasteiger partial charge in [-0.15, -0.1) is 0 Å². The second kappa shape index (κ2) is 23.7. The van der Waals surface area contributed by atoms with Crippen LogP contribution in [-0.4, -0.2) is 119 Å². The predicted molar refractivity (Wildman–Crippen MR) is 246 cm³/mol. The number of ether oxygens (including phenoxy) is 2. The zero-order valence-electron chi connectivity index (χ0n) is 39.4. The molecule has 0 spiro atoms. The number of halogens is 3. The Kier molecular flexibility index (Phi) is 18.4. The highest BCUT2D eigenvalue weighted by molar-refractivity contribution is 5.93. The fraction of sp³-hybridized carbons (Fsp3) is 0.750. The van der Waals surface area contributed by atoms with E-state index in [9.17, 15) is 32.3 Å². The molecule has 1 aromatic heterocycles. The molecule has 1 aliphatic heterocycles. The third kappa shape index (κ3) is 15.2. The number of aryl methyl sites for hydroxylation is 1. The molecule has 2 heterocycles. The quantitative estimate of drug-likeness (QED) is 0.0894. The van der Waals surface area contributed by atoms with Crippen molar-refractivity contribution in [1.29, 1.82) is 0 Å². The molecule has 0 bridgehead atoms. The van der Waals surface area contributed by atoms with Crippen molar-refractivity contribution in [1.82, 2.24) is 36.1 Å². The van der Waals surface area contributed by atoms with Crippen molar-refractivity contribution < 1.29 is 41.8 Å². The second-order valence-corrected chi connectivity index (χ2v) is 19.9. The van der Waals surface area contributed by atoms with E-state index in [1.54, 1.807) is 0 Å². The molecule has 4 aliphatic rings. The molecule has 7 N–H and O–H groups in total. The predicted octanol–water partition coefficient (Wildman–Crippen LogP) is 5.67. The lowest BCUT2D eigenvalue weighted by atomic mass is 9.84.